The first-order valence-electron chi connectivity index (χ1n) is 6.58. The number of anilines is 1. The van der Waals surface area contributed by atoms with Crippen molar-refractivity contribution in [3.05, 3.63) is 58.6 Å². The summed E-state index contributed by atoms with van der Waals surface area (Å²) >= 11 is 4.85. The molecule has 2 aromatic carbocycles. The molecule has 0 saturated heterocycles. The largest absolute Gasteiger partial charge is 0.398 e. The maximum atomic E-state index is 12.0. The summed E-state index contributed by atoms with van der Waals surface area (Å²) in [6.45, 7) is 1.97. The second kappa shape index (κ2) is 7.52. The standard InChI is InChI=1S/C16H17BrN2OS/c1-11(12-6-8-13(17)9-7-12)19-16(20)10-21-15-5-3-2-4-14(15)18/h2-9,11H,10,18H2,1H3,(H,19,20). The van der Waals surface area contributed by atoms with Gasteiger partial charge in [-0.15, -0.1) is 11.8 Å². The van der Waals surface area contributed by atoms with Crippen LogP contribution in [0.15, 0.2) is 57.9 Å². The number of benzene rings is 2. The number of nitrogens with two attached hydrogens (primary N) is 1. The monoisotopic (exact) mass is 364 g/mol. The fourth-order valence-corrected chi connectivity index (χ4v) is 2.92. The number of rotatable bonds is 5. The third-order valence-electron chi connectivity index (χ3n) is 3.03. The Labute approximate surface area is 137 Å². The molecule has 3 N–H and O–H groups in total. The summed E-state index contributed by atoms with van der Waals surface area (Å²) in [6, 6.07) is 15.5. The second-order valence-electron chi connectivity index (χ2n) is 4.67. The highest BCUT2D eigenvalue weighted by Crippen LogP contribution is 2.24. The zero-order valence-corrected chi connectivity index (χ0v) is 14.1. The van der Waals surface area contributed by atoms with E-state index in [2.05, 4.69) is 21.2 Å². The van der Waals surface area contributed by atoms with Gasteiger partial charge in [-0.05, 0) is 36.8 Å². The topological polar surface area (TPSA) is 55.1 Å². The molecule has 5 heteroatoms. The highest BCUT2D eigenvalue weighted by Gasteiger charge is 2.10. The summed E-state index contributed by atoms with van der Waals surface area (Å²) in [6.07, 6.45) is 0. The lowest BCUT2D eigenvalue weighted by atomic mass is 10.1. The lowest BCUT2D eigenvalue weighted by Gasteiger charge is -2.14. The van der Waals surface area contributed by atoms with Gasteiger partial charge in [0.15, 0.2) is 0 Å². The Morgan fingerprint density at radius 3 is 2.57 bits per heavy atom. The van der Waals surface area contributed by atoms with E-state index in [0.29, 0.717) is 11.4 Å². The van der Waals surface area contributed by atoms with E-state index in [0.717, 1.165) is 14.9 Å². The van der Waals surface area contributed by atoms with E-state index in [1.807, 2.05) is 55.5 Å². The first kappa shape index (κ1) is 15.9. The number of amides is 1. The van der Waals surface area contributed by atoms with Crippen LogP contribution in [0.1, 0.15) is 18.5 Å². The van der Waals surface area contributed by atoms with Crippen molar-refractivity contribution in [2.24, 2.45) is 0 Å². The quantitative estimate of drug-likeness (QED) is 0.622. The summed E-state index contributed by atoms with van der Waals surface area (Å²) in [5.74, 6) is 0.355. The van der Waals surface area contributed by atoms with Gasteiger partial charge in [-0.1, -0.05) is 40.2 Å². The molecule has 2 rings (SSSR count). The highest BCUT2D eigenvalue weighted by molar-refractivity contribution is 9.10. The summed E-state index contributed by atoms with van der Waals surface area (Å²) in [5.41, 5.74) is 7.64. The van der Waals surface area contributed by atoms with Gasteiger partial charge < -0.3 is 11.1 Å². The molecule has 110 valence electrons. The number of thioether (sulfide) groups is 1. The van der Waals surface area contributed by atoms with Crippen LogP contribution in [0.3, 0.4) is 0 Å². The average molecular weight is 365 g/mol. The summed E-state index contributed by atoms with van der Waals surface area (Å²) < 4.78 is 1.03. The normalized spacial score (nSPS) is 11.9. The van der Waals surface area contributed by atoms with Gasteiger partial charge in [0, 0.05) is 15.1 Å². The molecule has 0 saturated carbocycles. The molecular weight excluding hydrogens is 348 g/mol. The molecule has 0 aliphatic rings. The van der Waals surface area contributed by atoms with Crippen LogP contribution < -0.4 is 11.1 Å². The van der Waals surface area contributed by atoms with Crippen molar-refractivity contribution in [1.82, 2.24) is 5.32 Å². The molecule has 0 aliphatic heterocycles. The number of hydrogen-bond acceptors (Lipinski definition) is 3. The zero-order chi connectivity index (χ0) is 15.2. The molecule has 1 amide bonds. The Morgan fingerprint density at radius 1 is 1.24 bits per heavy atom. The molecule has 0 aromatic heterocycles. The fourth-order valence-electron chi connectivity index (χ4n) is 1.87. The molecule has 0 aliphatic carbocycles. The number of para-hydroxylation sites is 1. The predicted molar refractivity (Wildman–Crippen MR) is 92.3 cm³/mol. The first-order chi connectivity index (χ1) is 10.1. The zero-order valence-electron chi connectivity index (χ0n) is 11.7. The van der Waals surface area contributed by atoms with Crippen molar-refractivity contribution in [2.75, 3.05) is 11.5 Å². The maximum Gasteiger partial charge on any atom is 0.230 e. The van der Waals surface area contributed by atoms with Crippen LogP contribution in [0, 0.1) is 0 Å². The average Bonchev–Trinajstić information content (AvgIpc) is 2.47. The van der Waals surface area contributed by atoms with E-state index >= 15 is 0 Å². The van der Waals surface area contributed by atoms with Crippen molar-refractivity contribution < 1.29 is 4.79 Å². The van der Waals surface area contributed by atoms with Crippen molar-refractivity contribution in [1.29, 1.82) is 0 Å². The SMILES string of the molecule is CC(NC(=O)CSc1ccccc1N)c1ccc(Br)cc1. The van der Waals surface area contributed by atoms with Crippen LogP contribution in [0.25, 0.3) is 0 Å². The number of halogens is 1. The number of carbonyl (C=O) groups is 1. The molecule has 1 atom stereocenters. The van der Waals surface area contributed by atoms with Crippen LogP contribution in [-0.4, -0.2) is 11.7 Å². The first-order valence-corrected chi connectivity index (χ1v) is 8.36. The molecule has 0 spiro atoms. The van der Waals surface area contributed by atoms with Crippen LogP contribution in [0.4, 0.5) is 5.69 Å². The van der Waals surface area contributed by atoms with Crippen molar-refractivity contribution in [3.8, 4) is 0 Å². The molecule has 0 bridgehead atoms. The van der Waals surface area contributed by atoms with E-state index in [9.17, 15) is 4.79 Å². The Balaban J connectivity index is 1.87. The Bertz CT molecular complexity index is 616. The smallest absolute Gasteiger partial charge is 0.230 e. The van der Waals surface area contributed by atoms with Gasteiger partial charge in [0.05, 0.1) is 11.8 Å². The molecule has 0 heterocycles. The Hall–Kier alpha value is -1.46. The van der Waals surface area contributed by atoms with Crippen LogP contribution in [0.2, 0.25) is 0 Å². The molecule has 21 heavy (non-hydrogen) atoms. The van der Waals surface area contributed by atoms with Crippen LogP contribution >= 0.6 is 27.7 Å². The van der Waals surface area contributed by atoms with Crippen LogP contribution in [0.5, 0.6) is 0 Å². The van der Waals surface area contributed by atoms with E-state index in [1.54, 1.807) is 0 Å². The molecule has 0 radical (unpaired) electrons. The van der Waals surface area contributed by atoms with E-state index in [-0.39, 0.29) is 11.9 Å². The number of carbonyl (C=O) groups excluding carboxylic acids is 1. The van der Waals surface area contributed by atoms with Gasteiger partial charge in [-0.2, -0.15) is 0 Å². The van der Waals surface area contributed by atoms with Crippen molar-refractivity contribution >= 4 is 39.3 Å². The molecule has 0 fully saturated rings. The lowest BCUT2D eigenvalue weighted by Crippen LogP contribution is -2.28. The van der Waals surface area contributed by atoms with Gasteiger partial charge in [-0.3, -0.25) is 4.79 Å². The van der Waals surface area contributed by atoms with E-state index < -0.39 is 0 Å². The molecular formula is C16H17BrN2OS. The van der Waals surface area contributed by atoms with Gasteiger partial charge in [0.2, 0.25) is 5.91 Å². The van der Waals surface area contributed by atoms with E-state index in [1.165, 1.54) is 11.8 Å². The minimum absolute atomic E-state index is 0.00123. The minimum atomic E-state index is -0.0145. The Morgan fingerprint density at radius 2 is 1.90 bits per heavy atom. The maximum absolute atomic E-state index is 12.0. The molecule has 3 nitrogen and oxygen atoms in total. The van der Waals surface area contributed by atoms with Crippen molar-refractivity contribution in [2.45, 2.75) is 17.9 Å². The van der Waals surface area contributed by atoms with E-state index in [4.69, 9.17) is 5.73 Å². The van der Waals surface area contributed by atoms with Gasteiger partial charge in [-0.25, -0.2) is 0 Å². The van der Waals surface area contributed by atoms with Crippen molar-refractivity contribution in [3.63, 3.8) is 0 Å². The number of nitrogen functional groups attached to an aromatic ring is 1. The van der Waals surface area contributed by atoms with Gasteiger partial charge in [0.25, 0.3) is 0 Å². The molecule has 1 unspecified atom stereocenters. The molecule has 2 aromatic rings. The minimum Gasteiger partial charge on any atom is -0.398 e. The number of nitrogens with one attached hydrogen (secondary N) is 1. The third-order valence-corrected chi connectivity index (χ3v) is 4.64. The van der Waals surface area contributed by atoms with Gasteiger partial charge in [0.1, 0.15) is 0 Å². The number of hydrogen-bond donors (Lipinski definition) is 2. The summed E-state index contributed by atoms with van der Waals surface area (Å²) in [5, 5.41) is 2.99. The highest BCUT2D eigenvalue weighted by atomic mass is 79.9. The third kappa shape index (κ3) is 4.79. The Kier molecular flexibility index (Phi) is 5.70. The summed E-state index contributed by atoms with van der Waals surface area (Å²) in [7, 11) is 0. The second-order valence-corrected chi connectivity index (χ2v) is 6.60. The lowest BCUT2D eigenvalue weighted by molar-refractivity contribution is -0.119. The fraction of sp³-hybridized carbons (Fsp3) is 0.188. The predicted octanol–water partition coefficient (Wildman–Crippen LogP) is 4.00. The van der Waals surface area contributed by atoms with Gasteiger partial charge >= 0.3 is 0 Å². The van der Waals surface area contributed by atoms with Crippen LogP contribution in [-0.2, 0) is 4.79 Å². The summed E-state index contributed by atoms with van der Waals surface area (Å²) in [4.78, 5) is 12.9.